The van der Waals surface area contributed by atoms with Crippen molar-refractivity contribution >= 4 is 45.8 Å². The number of hydrogen-bond donors (Lipinski definition) is 2. The number of hydrazone groups is 1. The number of amidine groups is 2. The predicted molar refractivity (Wildman–Crippen MR) is 102 cm³/mol. The van der Waals surface area contributed by atoms with Crippen LogP contribution in [0.15, 0.2) is 56.5 Å². The van der Waals surface area contributed by atoms with Gasteiger partial charge < -0.3 is 9.52 Å². The number of benzene rings is 1. The predicted octanol–water partition coefficient (Wildman–Crippen LogP) is 3.28. The van der Waals surface area contributed by atoms with Crippen LogP contribution < -0.4 is 0 Å². The first-order valence-electron chi connectivity index (χ1n) is 7.83. The molecule has 4 rings (SSSR count). The van der Waals surface area contributed by atoms with Gasteiger partial charge in [-0.2, -0.15) is 15.1 Å². The number of thioether (sulfide) groups is 1. The van der Waals surface area contributed by atoms with Crippen LogP contribution in [0.1, 0.15) is 23.0 Å². The van der Waals surface area contributed by atoms with E-state index in [0.29, 0.717) is 27.3 Å². The number of carboxylic acid groups (broad SMARTS) is 1. The van der Waals surface area contributed by atoms with Crippen molar-refractivity contribution in [3.05, 3.63) is 53.3 Å². The third kappa shape index (κ3) is 3.08. The zero-order valence-electron chi connectivity index (χ0n) is 14.0. The van der Waals surface area contributed by atoms with Crippen LogP contribution in [0.2, 0.25) is 0 Å². The number of carboxylic acids is 1. The van der Waals surface area contributed by atoms with E-state index in [9.17, 15) is 9.59 Å². The summed E-state index contributed by atoms with van der Waals surface area (Å²) in [7, 11) is 0. The first-order valence-corrected chi connectivity index (χ1v) is 8.64. The standard InChI is InChI=1S/C18H12N4O4S/c1-9-21-22-15(19)13(16(23)20-18(22)27-9)8-12-6-7-14(26-12)10-2-4-11(5-3-10)17(24)25/h2-8,19H,1H3,(H,24,25). The second-order valence-electron chi connectivity index (χ2n) is 5.72. The van der Waals surface area contributed by atoms with Gasteiger partial charge in [0.1, 0.15) is 11.5 Å². The second-order valence-corrected chi connectivity index (χ2v) is 6.88. The van der Waals surface area contributed by atoms with Crippen LogP contribution >= 0.6 is 11.8 Å². The molecule has 2 aliphatic heterocycles. The van der Waals surface area contributed by atoms with Gasteiger partial charge in [0, 0.05) is 5.56 Å². The fraction of sp³-hybridized carbons (Fsp3) is 0.0556. The number of aliphatic imine (C=N–C) groups is 1. The van der Waals surface area contributed by atoms with Crippen molar-refractivity contribution < 1.29 is 19.1 Å². The van der Waals surface area contributed by atoms with Crippen molar-refractivity contribution in [3.8, 4) is 11.3 Å². The average molecular weight is 380 g/mol. The van der Waals surface area contributed by atoms with Crippen LogP contribution in [0.3, 0.4) is 0 Å². The maximum atomic E-state index is 12.3. The summed E-state index contributed by atoms with van der Waals surface area (Å²) in [4.78, 5) is 27.1. The summed E-state index contributed by atoms with van der Waals surface area (Å²) in [5.74, 6) is -0.681. The third-order valence-corrected chi connectivity index (χ3v) is 4.71. The highest BCUT2D eigenvalue weighted by atomic mass is 32.2. The van der Waals surface area contributed by atoms with E-state index in [1.807, 2.05) is 0 Å². The van der Waals surface area contributed by atoms with Crippen LogP contribution in [-0.2, 0) is 4.79 Å². The highest BCUT2D eigenvalue weighted by Crippen LogP contribution is 2.29. The van der Waals surface area contributed by atoms with Crippen LogP contribution in [0, 0.1) is 5.41 Å². The Balaban J connectivity index is 1.63. The molecular weight excluding hydrogens is 368 g/mol. The summed E-state index contributed by atoms with van der Waals surface area (Å²) < 4.78 is 5.72. The molecule has 0 bridgehead atoms. The normalized spacial score (nSPS) is 17.8. The zero-order valence-corrected chi connectivity index (χ0v) is 14.8. The van der Waals surface area contributed by atoms with E-state index in [-0.39, 0.29) is 17.0 Å². The van der Waals surface area contributed by atoms with Crippen LogP contribution in [0.4, 0.5) is 0 Å². The third-order valence-electron chi connectivity index (χ3n) is 3.89. The molecule has 0 saturated carbocycles. The molecule has 1 aromatic heterocycles. The van der Waals surface area contributed by atoms with Crippen molar-refractivity contribution in [2.75, 3.05) is 0 Å². The lowest BCUT2D eigenvalue weighted by Gasteiger charge is -2.19. The minimum Gasteiger partial charge on any atom is -0.478 e. The van der Waals surface area contributed by atoms with Crippen LogP contribution in [0.5, 0.6) is 0 Å². The molecule has 0 saturated heterocycles. The second kappa shape index (κ2) is 6.36. The average Bonchev–Trinajstić information content (AvgIpc) is 3.25. The Morgan fingerprint density at radius 1 is 1.26 bits per heavy atom. The fourth-order valence-corrected chi connectivity index (χ4v) is 3.33. The molecule has 27 heavy (non-hydrogen) atoms. The van der Waals surface area contributed by atoms with E-state index in [4.69, 9.17) is 14.9 Å². The number of carbonyl (C=O) groups is 2. The number of fused-ring (bicyclic) bond motifs is 1. The van der Waals surface area contributed by atoms with Crippen molar-refractivity contribution in [1.82, 2.24) is 5.01 Å². The molecule has 0 radical (unpaired) electrons. The van der Waals surface area contributed by atoms with E-state index < -0.39 is 11.9 Å². The van der Waals surface area contributed by atoms with Gasteiger partial charge in [0.15, 0.2) is 5.84 Å². The number of hydrogen-bond acceptors (Lipinski definition) is 6. The summed E-state index contributed by atoms with van der Waals surface area (Å²) in [6.07, 6.45) is 1.45. The Morgan fingerprint density at radius 3 is 2.70 bits per heavy atom. The maximum absolute atomic E-state index is 12.3. The smallest absolute Gasteiger partial charge is 0.335 e. The Kier molecular flexibility index (Phi) is 4.00. The number of nitrogens with zero attached hydrogens (tertiary/aromatic N) is 3. The summed E-state index contributed by atoms with van der Waals surface area (Å²) in [6, 6.07) is 9.63. The number of aromatic carboxylic acids is 1. The minimum atomic E-state index is -1.00. The lowest BCUT2D eigenvalue weighted by molar-refractivity contribution is -0.114. The van der Waals surface area contributed by atoms with E-state index in [1.165, 1.54) is 35.0 Å². The monoisotopic (exact) mass is 380 g/mol. The molecule has 1 amide bonds. The van der Waals surface area contributed by atoms with Gasteiger partial charge in [-0.1, -0.05) is 12.1 Å². The molecule has 0 unspecified atom stereocenters. The first-order chi connectivity index (χ1) is 12.9. The molecule has 2 aliphatic rings. The number of amides is 1. The van der Waals surface area contributed by atoms with E-state index in [1.54, 1.807) is 31.2 Å². The number of furan rings is 1. The lowest BCUT2D eigenvalue weighted by Crippen LogP contribution is -2.35. The quantitative estimate of drug-likeness (QED) is 0.789. The van der Waals surface area contributed by atoms with Crippen molar-refractivity contribution in [2.24, 2.45) is 10.1 Å². The molecule has 0 aliphatic carbocycles. The van der Waals surface area contributed by atoms with Gasteiger partial charge in [-0.05, 0) is 49.0 Å². The van der Waals surface area contributed by atoms with Crippen LogP contribution in [0.25, 0.3) is 17.4 Å². The highest BCUT2D eigenvalue weighted by molar-refractivity contribution is 8.26. The maximum Gasteiger partial charge on any atom is 0.335 e. The van der Waals surface area contributed by atoms with Gasteiger partial charge in [-0.25, -0.2) is 4.79 Å². The molecule has 2 N–H and O–H groups in total. The largest absolute Gasteiger partial charge is 0.478 e. The summed E-state index contributed by atoms with van der Waals surface area (Å²) in [6.45, 7) is 1.78. The summed E-state index contributed by atoms with van der Waals surface area (Å²) in [5.41, 5.74) is 0.966. The molecule has 9 heteroatoms. The molecule has 1 aromatic carbocycles. The minimum absolute atomic E-state index is 0.0573. The van der Waals surface area contributed by atoms with Gasteiger partial charge in [-0.3, -0.25) is 10.2 Å². The Hall–Kier alpha value is -3.46. The number of nitrogens with one attached hydrogen (secondary N) is 1. The van der Waals surface area contributed by atoms with Crippen LogP contribution in [-0.4, -0.2) is 38.0 Å². The van der Waals surface area contributed by atoms with E-state index in [2.05, 4.69) is 10.1 Å². The molecular formula is C18H12N4O4S. The van der Waals surface area contributed by atoms with Gasteiger partial charge in [-0.15, -0.1) is 0 Å². The van der Waals surface area contributed by atoms with Gasteiger partial charge in [0.2, 0.25) is 5.17 Å². The molecule has 0 spiro atoms. The van der Waals surface area contributed by atoms with E-state index in [0.717, 1.165) is 0 Å². The molecule has 2 aromatic rings. The highest BCUT2D eigenvalue weighted by Gasteiger charge is 2.34. The topological polar surface area (TPSA) is 119 Å². The first kappa shape index (κ1) is 17.0. The Bertz CT molecular complexity index is 1080. The Morgan fingerprint density at radius 2 is 2.00 bits per heavy atom. The number of carbonyl (C=O) groups excluding carboxylic acids is 1. The van der Waals surface area contributed by atoms with Crippen molar-refractivity contribution in [1.29, 1.82) is 5.41 Å². The van der Waals surface area contributed by atoms with Crippen molar-refractivity contribution in [3.63, 3.8) is 0 Å². The Labute approximate surface area is 157 Å². The molecule has 8 nitrogen and oxygen atoms in total. The lowest BCUT2D eigenvalue weighted by atomic mass is 10.1. The molecule has 3 heterocycles. The number of rotatable bonds is 3. The molecule has 0 fully saturated rings. The van der Waals surface area contributed by atoms with Crippen molar-refractivity contribution in [2.45, 2.75) is 6.92 Å². The fourth-order valence-electron chi connectivity index (χ4n) is 2.59. The summed E-state index contributed by atoms with van der Waals surface area (Å²) in [5, 5.41) is 23.8. The summed E-state index contributed by atoms with van der Waals surface area (Å²) >= 11 is 1.24. The van der Waals surface area contributed by atoms with Gasteiger partial charge >= 0.3 is 5.97 Å². The zero-order chi connectivity index (χ0) is 19.1. The SMILES string of the molecule is CC1=NN2C(=N)C(=Cc3ccc(-c4ccc(C(=O)O)cc4)o3)C(=O)N=C2S1. The van der Waals surface area contributed by atoms with E-state index >= 15 is 0 Å². The van der Waals surface area contributed by atoms with Gasteiger partial charge in [0.05, 0.1) is 16.2 Å². The van der Waals surface area contributed by atoms with Gasteiger partial charge in [0.25, 0.3) is 5.91 Å². The molecule has 134 valence electrons. The molecule has 0 atom stereocenters.